The van der Waals surface area contributed by atoms with Crippen molar-refractivity contribution in [3.8, 4) is 11.5 Å². The number of hydrogen-bond donors (Lipinski definition) is 1. The first-order valence-corrected chi connectivity index (χ1v) is 10.1. The molecule has 0 bridgehead atoms. The van der Waals surface area contributed by atoms with E-state index in [4.69, 9.17) is 21.1 Å². The van der Waals surface area contributed by atoms with E-state index in [9.17, 15) is 4.79 Å². The van der Waals surface area contributed by atoms with Crippen molar-refractivity contribution in [2.75, 3.05) is 18.5 Å². The van der Waals surface area contributed by atoms with Crippen LogP contribution in [0.2, 0.25) is 5.02 Å². The Balaban J connectivity index is 1.69. The first kappa shape index (κ1) is 21.7. The molecule has 1 aromatic carbocycles. The SMILES string of the molecule is CCOc1ccc(Cn2cc(NC(=O)C(C)(C)n3cc(Cl)cn3)cn2)cc1OCC. The highest BCUT2D eigenvalue weighted by atomic mass is 35.5. The van der Waals surface area contributed by atoms with Gasteiger partial charge in [-0.2, -0.15) is 10.2 Å². The number of ether oxygens (including phenoxy) is 2. The van der Waals surface area contributed by atoms with Crippen LogP contribution in [-0.2, 0) is 16.9 Å². The monoisotopic (exact) mass is 431 g/mol. The van der Waals surface area contributed by atoms with Gasteiger partial charge in [-0.3, -0.25) is 14.2 Å². The van der Waals surface area contributed by atoms with Crippen molar-refractivity contribution in [2.24, 2.45) is 0 Å². The fourth-order valence-corrected chi connectivity index (χ4v) is 3.03. The van der Waals surface area contributed by atoms with Crippen LogP contribution in [-0.4, -0.2) is 38.7 Å². The molecular formula is C21H26ClN5O3. The average molecular weight is 432 g/mol. The summed E-state index contributed by atoms with van der Waals surface area (Å²) in [6.45, 7) is 9.06. The topological polar surface area (TPSA) is 83.2 Å². The van der Waals surface area contributed by atoms with E-state index in [0.717, 1.165) is 11.3 Å². The highest BCUT2D eigenvalue weighted by Crippen LogP contribution is 2.29. The Morgan fingerprint density at radius 3 is 2.50 bits per heavy atom. The normalized spacial score (nSPS) is 11.4. The van der Waals surface area contributed by atoms with Crippen molar-refractivity contribution in [3.05, 3.63) is 53.6 Å². The summed E-state index contributed by atoms with van der Waals surface area (Å²) >= 11 is 5.92. The van der Waals surface area contributed by atoms with E-state index in [1.807, 2.05) is 32.0 Å². The van der Waals surface area contributed by atoms with Gasteiger partial charge >= 0.3 is 0 Å². The van der Waals surface area contributed by atoms with Gasteiger partial charge in [-0.1, -0.05) is 17.7 Å². The molecule has 3 aromatic rings. The number of carbonyl (C=O) groups is 1. The molecule has 1 N–H and O–H groups in total. The molecule has 0 atom stereocenters. The number of hydrogen-bond acceptors (Lipinski definition) is 5. The molecule has 0 radical (unpaired) electrons. The quantitative estimate of drug-likeness (QED) is 0.554. The number of nitrogens with one attached hydrogen (secondary N) is 1. The third-order valence-electron chi connectivity index (χ3n) is 4.52. The number of amides is 1. The molecule has 2 heterocycles. The van der Waals surface area contributed by atoms with Gasteiger partial charge in [0.25, 0.3) is 5.91 Å². The van der Waals surface area contributed by atoms with Crippen molar-refractivity contribution in [3.63, 3.8) is 0 Å². The molecule has 0 unspecified atom stereocenters. The van der Waals surface area contributed by atoms with Gasteiger partial charge in [-0.05, 0) is 45.4 Å². The Hall–Kier alpha value is -3.00. The summed E-state index contributed by atoms with van der Waals surface area (Å²) in [5.74, 6) is 1.20. The standard InChI is InChI=1S/C21H26ClN5O3/c1-5-29-18-8-7-15(9-19(18)30-6-2)12-26-14-17(11-23-26)25-20(28)21(3,4)27-13-16(22)10-24-27/h7-11,13-14H,5-6,12H2,1-4H3,(H,25,28). The molecule has 2 aromatic heterocycles. The zero-order valence-corrected chi connectivity index (χ0v) is 18.3. The minimum atomic E-state index is -0.906. The Labute approximate surface area is 180 Å². The van der Waals surface area contributed by atoms with Gasteiger partial charge in [0, 0.05) is 12.4 Å². The van der Waals surface area contributed by atoms with Crippen molar-refractivity contribution in [2.45, 2.75) is 39.8 Å². The zero-order valence-electron chi connectivity index (χ0n) is 17.6. The summed E-state index contributed by atoms with van der Waals surface area (Å²) < 4.78 is 14.6. The molecule has 0 aliphatic carbocycles. The predicted octanol–water partition coefficient (Wildman–Crippen LogP) is 3.95. The summed E-state index contributed by atoms with van der Waals surface area (Å²) in [5.41, 5.74) is 0.702. The van der Waals surface area contributed by atoms with Gasteiger partial charge in [0.2, 0.25) is 0 Å². The second-order valence-corrected chi connectivity index (χ2v) is 7.63. The van der Waals surface area contributed by atoms with Crippen molar-refractivity contribution in [1.82, 2.24) is 19.6 Å². The van der Waals surface area contributed by atoms with Gasteiger partial charge < -0.3 is 14.8 Å². The summed E-state index contributed by atoms with van der Waals surface area (Å²) in [4.78, 5) is 12.7. The lowest BCUT2D eigenvalue weighted by Gasteiger charge is -2.23. The van der Waals surface area contributed by atoms with E-state index in [1.54, 1.807) is 37.1 Å². The Morgan fingerprint density at radius 2 is 1.83 bits per heavy atom. The Kier molecular flexibility index (Phi) is 6.66. The van der Waals surface area contributed by atoms with Crippen LogP contribution in [0.5, 0.6) is 11.5 Å². The van der Waals surface area contributed by atoms with E-state index in [0.29, 0.717) is 36.2 Å². The molecule has 0 fully saturated rings. The maximum Gasteiger partial charge on any atom is 0.251 e. The second-order valence-electron chi connectivity index (χ2n) is 7.19. The number of anilines is 1. The summed E-state index contributed by atoms with van der Waals surface area (Å²) in [7, 11) is 0. The molecule has 3 rings (SSSR count). The lowest BCUT2D eigenvalue weighted by atomic mass is 10.1. The second kappa shape index (κ2) is 9.21. The number of aromatic nitrogens is 4. The van der Waals surface area contributed by atoms with E-state index in [2.05, 4.69) is 15.5 Å². The van der Waals surface area contributed by atoms with Crippen LogP contribution in [0.1, 0.15) is 33.3 Å². The number of carbonyl (C=O) groups excluding carboxylic acids is 1. The van der Waals surface area contributed by atoms with Crippen LogP contribution in [0.15, 0.2) is 43.0 Å². The largest absolute Gasteiger partial charge is 0.490 e. The van der Waals surface area contributed by atoms with Gasteiger partial charge in [0.1, 0.15) is 5.54 Å². The Bertz CT molecular complexity index is 1010. The third kappa shape index (κ3) is 4.94. The summed E-state index contributed by atoms with van der Waals surface area (Å²) in [5, 5.41) is 11.8. The molecule has 0 aliphatic heterocycles. The molecule has 0 aliphatic rings. The zero-order chi connectivity index (χ0) is 21.7. The molecule has 8 nitrogen and oxygen atoms in total. The first-order chi connectivity index (χ1) is 14.3. The van der Waals surface area contributed by atoms with Gasteiger partial charge in [-0.25, -0.2) is 0 Å². The van der Waals surface area contributed by atoms with Crippen LogP contribution < -0.4 is 14.8 Å². The van der Waals surface area contributed by atoms with Crippen molar-refractivity contribution in [1.29, 1.82) is 0 Å². The molecule has 1 amide bonds. The van der Waals surface area contributed by atoms with Crippen molar-refractivity contribution >= 4 is 23.2 Å². The number of benzene rings is 1. The molecule has 9 heteroatoms. The minimum Gasteiger partial charge on any atom is -0.490 e. The van der Waals surface area contributed by atoms with Gasteiger partial charge in [-0.15, -0.1) is 0 Å². The van der Waals surface area contributed by atoms with Crippen LogP contribution >= 0.6 is 11.6 Å². The maximum atomic E-state index is 12.7. The number of rotatable bonds is 9. The van der Waals surface area contributed by atoms with E-state index in [-0.39, 0.29) is 5.91 Å². The minimum absolute atomic E-state index is 0.221. The van der Waals surface area contributed by atoms with Crippen molar-refractivity contribution < 1.29 is 14.3 Å². The fraction of sp³-hybridized carbons (Fsp3) is 0.381. The fourth-order valence-electron chi connectivity index (χ4n) is 2.89. The first-order valence-electron chi connectivity index (χ1n) is 9.76. The number of nitrogens with zero attached hydrogens (tertiary/aromatic N) is 4. The highest BCUT2D eigenvalue weighted by molar-refractivity contribution is 6.30. The molecule has 0 spiro atoms. The van der Waals surface area contributed by atoms with Gasteiger partial charge in [0.05, 0.1) is 42.9 Å². The van der Waals surface area contributed by atoms with E-state index in [1.165, 1.54) is 10.9 Å². The van der Waals surface area contributed by atoms with E-state index < -0.39 is 5.54 Å². The lowest BCUT2D eigenvalue weighted by molar-refractivity contribution is -0.123. The molecule has 30 heavy (non-hydrogen) atoms. The molecular weight excluding hydrogens is 406 g/mol. The van der Waals surface area contributed by atoms with Crippen LogP contribution in [0, 0.1) is 0 Å². The number of halogens is 1. The van der Waals surface area contributed by atoms with Crippen LogP contribution in [0.4, 0.5) is 5.69 Å². The van der Waals surface area contributed by atoms with Crippen LogP contribution in [0.3, 0.4) is 0 Å². The third-order valence-corrected chi connectivity index (χ3v) is 4.72. The lowest BCUT2D eigenvalue weighted by Crippen LogP contribution is -2.40. The molecule has 0 saturated carbocycles. The average Bonchev–Trinajstić information content (AvgIpc) is 3.33. The highest BCUT2D eigenvalue weighted by Gasteiger charge is 2.31. The smallest absolute Gasteiger partial charge is 0.251 e. The van der Waals surface area contributed by atoms with E-state index >= 15 is 0 Å². The molecule has 160 valence electrons. The maximum absolute atomic E-state index is 12.7. The van der Waals surface area contributed by atoms with Crippen LogP contribution in [0.25, 0.3) is 0 Å². The summed E-state index contributed by atoms with van der Waals surface area (Å²) in [6, 6.07) is 5.81. The predicted molar refractivity (Wildman–Crippen MR) is 115 cm³/mol. The summed E-state index contributed by atoms with van der Waals surface area (Å²) in [6.07, 6.45) is 6.51. The molecule has 0 saturated heterocycles. The van der Waals surface area contributed by atoms with Gasteiger partial charge in [0.15, 0.2) is 11.5 Å². The Morgan fingerprint density at radius 1 is 1.10 bits per heavy atom.